The predicted molar refractivity (Wildman–Crippen MR) is 140 cm³/mol. The summed E-state index contributed by atoms with van der Waals surface area (Å²) in [6, 6.07) is 4.77. The van der Waals surface area contributed by atoms with Gasteiger partial charge in [-0.3, -0.25) is 9.48 Å². The van der Waals surface area contributed by atoms with Crippen molar-refractivity contribution in [1.82, 2.24) is 30.6 Å². The van der Waals surface area contributed by atoms with E-state index in [2.05, 4.69) is 25.9 Å². The van der Waals surface area contributed by atoms with Crippen LogP contribution in [0.2, 0.25) is 0 Å². The summed E-state index contributed by atoms with van der Waals surface area (Å²) in [7, 11) is 0. The van der Waals surface area contributed by atoms with Crippen molar-refractivity contribution in [3.8, 4) is 16.5 Å². The van der Waals surface area contributed by atoms with Gasteiger partial charge in [0, 0.05) is 18.1 Å². The van der Waals surface area contributed by atoms with Gasteiger partial charge in [0.2, 0.25) is 11.7 Å². The van der Waals surface area contributed by atoms with Crippen LogP contribution >= 0.6 is 11.3 Å². The minimum atomic E-state index is -4.50. The normalized spacial score (nSPS) is 18.3. The number of amides is 1. The SMILES string of the molecule is CC(C)(C)n1cc(C(=O)NCc2nc(-c3sc4c(O[C@@H]5CCNC[C@@H]5F)cccc4c3CC(F)(F)F)no2)cn1. The fourth-order valence-corrected chi connectivity index (χ4v) is 5.57. The lowest BCUT2D eigenvalue weighted by molar-refractivity contribution is -0.126. The maximum atomic E-state index is 14.4. The fourth-order valence-electron chi connectivity index (χ4n) is 4.37. The lowest BCUT2D eigenvalue weighted by Gasteiger charge is -2.27. The first kappa shape index (κ1) is 28.0. The largest absolute Gasteiger partial charge is 0.486 e. The van der Waals surface area contributed by atoms with E-state index in [1.54, 1.807) is 29.1 Å². The Kier molecular flexibility index (Phi) is 7.57. The molecular weight excluding hydrogens is 552 g/mol. The van der Waals surface area contributed by atoms with Crippen molar-refractivity contribution in [2.24, 2.45) is 0 Å². The van der Waals surface area contributed by atoms with E-state index >= 15 is 0 Å². The molecule has 4 aromatic rings. The average Bonchev–Trinajstić information content (AvgIpc) is 3.62. The molecule has 40 heavy (non-hydrogen) atoms. The second-order valence-electron chi connectivity index (χ2n) is 10.5. The molecule has 0 saturated carbocycles. The van der Waals surface area contributed by atoms with E-state index in [4.69, 9.17) is 9.26 Å². The van der Waals surface area contributed by atoms with Gasteiger partial charge in [0.05, 0.1) is 39.8 Å². The second kappa shape index (κ2) is 10.8. The van der Waals surface area contributed by atoms with Crippen LogP contribution in [0.4, 0.5) is 17.6 Å². The van der Waals surface area contributed by atoms with Crippen molar-refractivity contribution >= 4 is 27.3 Å². The van der Waals surface area contributed by atoms with Gasteiger partial charge in [-0.2, -0.15) is 23.3 Å². The Hall–Kier alpha value is -3.52. The Labute approximate surface area is 230 Å². The molecule has 0 unspecified atom stereocenters. The molecule has 4 heterocycles. The number of carbonyl (C=O) groups excluding carboxylic acids is 1. The highest BCUT2D eigenvalue weighted by Gasteiger charge is 2.34. The molecule has 1 fully saturated rings. The number of nitrogens with one attached hydrogen (secondary N) is 2. The molecule has 2 N–H and O–H groups in total. The number of rotatable bonds is 7. The topological polar surface area (TPSA) is 107 Å². The zero-order chi connectivity index (χ0) is 28.7. The number of ether oxygens (including phenoxy) is 1. The summed E-state index contributed by atoms with van der Waals surface area (Å²) in [5, 5.41) is 14.0. The van der Waals surface area contributed by atoms with Crippen LogP contribution in [-0.2, 0) is 18.5 Å². The summed E-state index contributed by atoms with van der Waals surface area (Å²) in [6.45, 7) is 6.44. The Morgan fingerprint density at radius 2 is 2.10 bits per heavy atom. The van der Waals surface area contributed by atoms with Crippen molar-refractivity contribution < 1.29 is 31.6 Å². The highest BCUT2D eigenvalue weighted by atomic mass is 32.1. The van der Waals surface area contributed by atoms with Crippen LogP contribution in [0.5, 0.6) is 5.75 Å². The van der Waals surface area contributed by atoms with Crippen LogP contribution in [0, 0.1) is 0 Å². The lowest BCUT2D eigenvalue weighted by atomic mass is 10.1. The molecule has 0 bridgehead atoms. The Morgan fingerprint density at radius 1 is 1.30 bits per heavy atom. The van der Waals surface area contributed by atoms with Gasteiger partial charge in [-0.1, -0.05) is 17.3 Å². The number of hydrogen-bond donors (Lipinski definition) is 2. The van der Waals surface area contributed by atoms with Crippen LogP contribution in [0.3, 0.4) is 0 Å². The standard InChI is InChI=1S/C26H28F4N6O3S/c1-25(2,3)36-13-14(10-33-36)24(37)32-12-20-34-23(35-39-20)22-16(9-26(28,29)30)15-5-4-6-19(21(15)40-22)38-18-7-8-31-11-17(18)27/h4-6,10,13,17-18,31H,7-9,11-12H2,1-3H3,(H,32,37)/t17-,18+/m0/s1. The molecule has 3 aromatic heterocycles. The average molecular weight is 581 g/mol. The van der Waals surface area contributed by atoms with E-state index in [0.29, 0.717) is 34.4 Å². The Morgan fingerprint density at radius 3 is 2.80 bits per heavy atom. The third-order valence-electron chi connectivity index (χ3n) is 6.39. The minimum Gasteiger partial charge on any atom is -0.486 e. The number of nitrogens with zero attached hydrogens (tertiary/aromatic N) is 4. The molecule has 1 aromatic carbocycles. The van der Waals surface area contributed by atoms with Crippen molar-refractivity contribution in [2.75, 3.05) is 13.1 Å². The summed E-state index contributed by atoms with van der Waals surface area (Å²) in [5.74, 6) is -0.130. The van der Waals surface area contributed by atoms with Gasteiger partial charge in [0.1, 0.15) is 18.0 Å². The molecule has 0 spiro atoms. The third kappa shape index (κ3) is 6.12. The fraction of sp³-hybridized carbons (Fsp3) is 0.462. The van der Waals surface area contributed by atoms with Gasteiger partial charge in [0.15, 0.2) is 0 Å². The summed E-state index contributed by atoms with van der Waals surface area (Å²) in [6.07, 6.45) is -4.18. The van der Waals surface area contributed by atoms with Crippen LogP contribution in [0.15, 0.2) is 35.1 Å². The predicted octanol–water partition coefficient (Wildman–Crippen LogP) is 5.02. The second-order valence-corrected chi connectivity index (χ2v) is 11.6. The van der Waals surface area contributed by atoms with E-state index in [1.165, 1.54) is 6.20 Å². The quantitative estimate of drug-likeness (QED) is 0.296. The van der Waals surface area contributed by atoms with Crippen molar-refractivity contribution in [1.29, 1.82) is 0 Å². The molecule has 0 aliphatic carbocycles. The molecule has 14 heteroatoms. The zero-order valence-corrected chi connectivity index (χ0v) is 22.8. The first-order valence-electron chi connectivity index (χ1n) is 12.7. The van der Waals surface area contributed by atoms with Crippen LogP contribution in [0.25, 0.3) is 20.8 Å². The number of fused-ring (bicyclic) bond motifs is 1. The molecule has 1 aliphatic rings. The number of thiophene rings is 1. The van der Waals surface area contributed by atoms with Crippen molar-refractivity contribution in [2.45, 2.75) is 64.1 Å². The number of aromatic nitrogens is 4. The molecular formula is C26H28F4N6O3S. The highest BCUT2D eigenvalue weighted by molar-refractivity contribution is 7.22. The molecule has 1 aliphatic heterocycles. The number of alkyl halides is 4. The number of piperidine rings is 1. The van der Waals surface area contributed by atoms with Crippen molar-refractivity contribution in [3.05, 3.63) is 47.6 Å². The van der Waals surface area contributed by atoms with E-state index in [9.17, 15) is 22.4 Å². The summed E-state index contributed by atoms with van der Waals surface area (Å²) < 4.78 is 68.6. The van der Waals surface area contributed by atoms with Gasteiger partial charge in [-0.05, 0) is 45.4 Å². The summed E-state index contributed by atoms with van der Waals surface area (Å²) >= 11 is 1.03. The van der Waals surface area contributed by atoms with Gasteiger partial charge < -0.3 is 19.9 Å². The first-order chi connectivity index (χ1) is 18.9. The molecule has 0 radical (unpaired) electrons. The van der Waals surface area contributed by atoms with Gasteiger partial charge in [-0.15, -0.1) is 11.3 Å². The molecule has 2 atom stereocenters. The molecule has 1 amide bonds. The maximum Gasteiger partial charge on any atom is 0.393 e. The number of carbonyl (C=O) groups is 1. The van der Waals surface area contributed by atoms with Gasteiger partial charge in [0.25, 0.3) is 5.91 Å². The maximum absolute atomic E-state index is 14.4. The van der Waals surface area contributed by atoms with Crippen molar-refractivity contribution in [3.63, 3.8) is 0 Å². The molecule has 1 saturated heterocycles. The van der Waals surface area contributed by atoms with Crippen LogP contribution in [0.1, 0.15) is 49.0 Å². The van der Waals surface area contributed by atoms with E-state index < -0.39 is 30.8 Å². The minimum absolute atomic E-state index is 0.0217. The third-order valence-corrected chi connectivity index (χ3v) is 7.65. The van der Waals surface area contributed by atoms with E-state index in [-0.39, 0.29) is 40.8 Å². The van der Waals surface area contributed by atoms with Gasteiger partial charge in [-0.25, -0.2) is 4.39 Å². The van der Waals surface area contributed by atoms with Crippen LogP contribution in [-0.4, -0.2) is 57.4 Å². The monoisotopic (exact) mass is 580 g/mol. The Balaban J connectivity index is 1.40. The highest BCUT2D eigenvalue weighted by Crippen LogP contribution is 2.44. The number of benzene rings is 1. The molecule has 214 valence electrons. The van der Waals surface area contributed by atoms with Crippen LogP contribution < -0.4 is 15.4 Å². The first-order valence-corrected chi connectivity index (χ1v) is 13.5. The van der Waals surface area contributed by atoms with E-state index in [0.717, 1.165) is 11.3 Å². The summed E-state index contributed by atoms with van der Waals surface area (Å²) in [4.78, 5) is 17.0. The summed E-state index contributed by atoms with van der Waals surface area (Å²) in [5.41, 5.74) is 0.0131. The van der Waals surface area contributed by atoms with E-state index in [1.807, 2.05) is 20.8 Å². The molecule has 9 nitrogen and oxygen atoms in total. The molecule has 5 rings (SSSR count). The smallest absolute Gasteiger partial charge is 0.393 e. The zero-order valence-electron chi connectivity index (χ0n) is 22.0. The van der Waals surface area contributed by atoms with Gasteiger partial charge >= 0.3 is 6.18 Å². The number of halogens is 4. The lowest BCUT2D eigenvalue weighted by Crippen LogP contribution is -2.44. The Bertz CT molecular complexity index is 1510. The number of hydrogen-bond acceptors (Lipinski definition) is 8.